The summed E-state index contributed by atoms with van der Waals surface area (Å²) in [5.41, 5.74) is 0.626. The van der Waals surface area contributed by atoms with Gasteiger partial charge in [-0.3, -0.25) is 4.79 Å². The van der Waals surface area contributed by atoms with Gasteiger partial charge in [0.25, 0.3) is 0 Å². The number of thiol groups is 1. The Morgan fingerprint density at radius 3 is 2.85 bits per heavy atom. The zero-order valence-electron chi connectivity index (χ0n) is 6.55. The Balaban J connectivity index is 2.83. The molecule has 5 heteroatoms. The molecule has 0 aliphatic rings. The summed E-state index contributed by atoms with van der Waals surface area (Å²) in [4.78, 5) is 11.0. The zero-order valence-corrected chi connectivity index (χ0v) is 10.4. The molecule has 0 bridgehead atoms. The molecule has 0 spiro atoms. The molecule has 0 unspecified atom stereocenters. The first-order chi connectivity index (χ1) is 6.13. The molecule has 0 atom stereocenters. The van der Waals surface area contributed by atoms with Crippen LogP contribution in [-0.2, 0) is 4.79 Å². The third kappa shape index (κ3) is 3.36. The highest BCUT2D eigenvalue weighted by Crippen LogP contribution is 2.23. The van der Waals surface area contributed by atoms with E-state index in [2.05, 4.69) is 40.5 Å². The summed E-state index contributed by atoms with van der Waals surface area (Å²) in [6.07, 6.45) is 0. The summed E-state index contributed by atoms with van der Waals surface area (Å²) in [7, 11) is 0. The van der Waals surface area contributed by atoms with Crippen LogP contribution in [0.2, 0.25) is 5.02 Å². The van der Waals surface area contributed by atoms with Crippen molar-refractivity contribution in [3.05, 3.63) is 26.8 Å². The topological polar surface area (TPSA) is 29.1 Å². The molecule has 2 nitrogen and oxygen atoms in total. The van der Waals surface area contributed by atoms with Gasteiger partial charge >= 0.3 is 0 Å². The molecule has 70 valence electrons. The quantitative estimate of drug-likeness (QED) is 0.635. The Labute approximate surface area is 101 Å². The van der Waals surface area contributed by atoms with E-state index in [9.17, 15) is 4.79 Å². The molecule has 0 aliphatic carbocycles. The molecule has 0 saturated heterocycles. The predicted molar refractivity (Wildman–Crippen MR) is 66.7 cm³/mol. The van der Waals surface area contributed by atoms with Crippen molar-refractivity contribution in [1.29, 1.82) is 0 Å². The summed E-state index contributed by atoms with van der Waals surface area (Å²) in [6, 6.07) is 5.43. The van der Waals surface area contributed by atoms with Gasteiger partial charge in [0.05, 0.1) is 16.5 Å². The second-order valence-electron chi connectivity index (χ2n) is 2.33. The Morgan fingerprint density at radius 2 is 2.31 bits per heavy atom. The van der Waals surface area contributed by atoms with Crippen molar-refractivity contribution in [1.82, 2.24) is 0 Å². The lowest BCUT2D eigenvalue weighted by Gasteiger charge is -2.05. The van der Waals surface area contributed by atoms with E-state index in [0.29, 0.717) is 10.7 Å². The Bertz CT molecular complexity index is 332. The molecule has 0 saturated carbocycles. The van der Waals surface area contributed by atoms with Crippen LogP contribution in [0.4, 0.5) is 5.69 Å². The number of amides is 1. The standard InChI is InChI=1S/C8H7ClINOS/c9-6-3-5(10)1-2-7(6)11-8(12)4-13/h1-3,13H,4H2,(H,11,12). The van der Waals surface area contributed by atoms with E-state index in [4.69, 9.17) is 11.6 Å². The van der Waals surface area contributed by atoms with E-state index in [0.717, 1.165) is 3.57 Å². The fourth-order valence-corrected chi connectivity index (χ4v) is 1.76. The number of benzene rings is 1. The molecule has 1 N–H and O–H groups in total. The van der Waals surface area contributed by atoms with Crippen molar-refractivity contribution in [2.24, 2.45) is 0 Å². The molecule has 0 aliphatic heterocycles. The average Bonchev–Trinajstić information content (AvgIpc) is 2.09. The summed E-state index contributed by atoms with van der Waals surface area (Å²) in [6.45, 7) is 0. The zero-order chi connectivity index (χ0) is 9.84. The second-order valence-corrected chi connectivity index (χ2v) is 4.30. The SMILES string of the molecule is O=C(CS)Nc1ccc(I)cc1Cl. The van der Waals surface area contributed by atoms with E-state index in [1.807, 2.05) is 6.07 Å². The monoisotopic (exact) mass is 327 g/mol. The minimum absolute atomic E-state index is 0.155. The number of carbonyl (C=O) groups excluding carboxylic acids is 1. The van der Waals surface area contributed by atoms with Crippen LogP contribution in [-0.4, -0.2) is 11.7 Å². The van der Waals surface area contributed by atoms with Crippen LogP contribution >= 0.6 is 46.8 Å². The summed E-state index contributed by atoms with van der Waals surface area (Å²) in [5, 5.41) is 3.18. The maximum Gasteiger partial charge on any atom is 0.234 e. The van der Waals surface area contributed by atoms with Gasteiger partial charge in [0.2, 0.25) is 5.91 Å². The molecule has 1 rings (SSSR count). The summed E-state index contributed by atoms with van der Waals surface area (Å²) >= 11 is 11.9. The number of anilines is 1. The van der Waals surface area contributed by atoms with Gasteiger partial charge < -0.3 is 5.32 Å². The third-order valence-corrected chi connectivity index (χ3v) is 2.62. The fraction of sp³-hybridized carbons (Fsp3) is 0.125. The van der Waals surface area contributed by atoms with E-state index in [-0.39, 0.29) is 11.7 Å². The van der Waals surface area contributed by atoms with Crippen molar-refractivity contribution in [3.63, 3.8) is 0 Å². The van der Waals surface area contributed by atoms with Gasteiger partial charge in [-0.2, -0.15) is 12.6 Å². The number of carbonyl (C=O) groups is 1. The molecule has 0 radical (unpaired) electrons. The van der Waals surface area contributed by atoms with Crippen LogP contribution in [0.5, 0.6) is 0 Å². The Hall–Kier alpha value is 0.0600. The van der Waals surface area contributed by atoms with Crippen molar-refractivity contribution >= 4 is 58.4 Å². The molecule has 0 heterocycles. The highest BCUT2D eigenvalue weighted by atomic mass is 127. The summed E-state index contributed by atoms with van der Waals surface area (Å²) in [5.74, 6) is -0.00563. The van der Waals surface area contributed by atoms with Crippen molar-refractivity contribution in [2.75, 3.05) is 11.1 Å². The van der Waals surface area contributed by atoms with Crippen molar-refractivity contribution in [3.8, 4) is 0 Å². The first-order valence-corrected chi connectivity index (χ1v) is 5.58. The van der Waals surface area contributed by atoms with Gasteiger partial charge in [0, 0.05) is 3.57 Å². The summed E-state index contributed by atoms with van der Waals surface area (Å²) < 4.78 is 1.03. The van der Waals surface area contributed by atoms with E-state index in [1.54, 1.807) is 12.1 Å². The van der Waals surface area contributed by atoms with Gasteiger partial charge in [-0.05, 0) is 40.8 Å². The highest BCUT2D eigenvalue weighted by molar-refractivity contribution is 14.1. The Morgan fingerprint density at radius 1 is 1.62 bits per heavy atom. The smallest absolute Gasteiger partial charge is 0.234 e. The minimum Gasteiger partial charge on any atom is -0.324 e. The van der Waals surface area contributed by atoms with Crippen LogP contribution in [0, 0.1) is 3.57 Å². The van der Waals surface area contributed by atoms with Crippen LogP contribution in [0.25, 0.3) is 0 Å². The fourth-order valence-electron chi connectivity index (χ4n) is 0.781. The first-order valence-electron chi connectivity index (χ1n) is 3.49. The maximum absolute atomic E-state index is 11.0. The van der Waals surface area contributed by atoms with Gasteiger partial charge in [0.15, 0.2) is 0 Å². The van der Waals surface area contributed by atoms with Gasteiger partial charge in [0.1, 0.15) is 0 Å². The second kappa shape index (κ2) is 5.07. The Kier molecular flexibility index (Phi) is 4.34. The van der Waals surface area contributed by atoms with Gasteiger partial charge in [-0.25, -0.2) is 0 Å². The largest absolute Gasteiger partial charge is 0.324 e. The molecule has 1 aromatic carbocycles. The number of hydrogen-bond donors (Lipinski definition) is 2. The molecule has 1 amide bonds. The maximum atomic E-state index is 11.0. The molecule has 0 fully saturated rings. The van der Waals surface area contributed by atoms with E-state index in [1.165, 1.54) is 0 Å². The van der Waals surface area contributed by atoms with Crippen LogP contribution in [0.15, 0.2) is 18.2 Å². The van der Waals surface area contributed by atoms with Gasteiger partial charge in [-0.1, -0.05) is 11.6 Å². The number of halogens is 2. The number of hydrogen-bond acceptors (Lipinski definition) is 2. The molecule has 13 heavy (non-hydrogen) atoms. The molecular weight excluding hydrogens is 321 g/mol. The van der Waals surface area contributed by atoms with Crippen molar-refractivity contribution in [2.45, 2.75) is 0 Å². The van der Waals surface area contributed by atoms with Crippen LogP contribution in [0.3, 0.4) is 0 Å². The molecule has 1 aromatic rings. The van der Waals surface area contributed by atoms with Gasteiger partial charge in [-0.15, -0.1) is 0 Å². The first kappa shape index (κ1) is 11.1. The highest BCUT2D eigenvalue weighted by Gasteiger charge is 2.03. The normalized spacial score (nSPS) is 9.77. The molecular formula is C8H7ClINOS. The van der Waals surface area contributed by atoms with Crippen LogP contribution in [0.1, 0.15) is 0 Å². The minimum atomic E-state index is -0.161. The number of rotatable bonds is 2. The number of nitrogens with one attached hydrogen (secondary N) is 1. The van der Waals surface area contributed by atoms with E-state index < -0.39 is 0 Å². The van der Waals surface area contributed by atoms with E-state index >= 15 is 0 Å². The lowest BCUT2D eigenvalue weighted by Crippen LogP contribution is -2.12. The third-order valence-electron chi connectivity index (χ3n) is 1.35. The lowest BCUT2D eigenvalue weighted by atomic mass is 10.3. The van der Waals surface area contributed by atoms with Crippen LogP contribution < -0.4 is 5.32 Å². The lowest BCUT2D eigenvalue weighted by molar-refractivity contribution is -0.113. The predicted octanol–water partition coefficient (Wildman–Crippen LogP) is 2.81. The molecule has 0 aromatic heterocycles. The average molecular weight is 328 g/mol. The van der Waals surface area contributed by atoms with Crippen molar-refractivity contribution < 1.29 is 4.79 Å².